The van der Waals surface area contributed by atoms with E-state index < -0.39 is 0 Å². The molecule has 2 atom stereocenters. The Kier molecular flexibility index (Phi) is 5.70. The molecule has 4 heteroatoms. The second-order valence-electron chi connectivity index (χ2n) is 4.96. The third-order valence-electron chi connectivity index (χ3n) is 3.54. The maximum atomic E-state index is 12.0. The third kappa shape index (κ3) is 4.53. The molecule has 104 valence electrons. The highest BCUT2D eigenvalue weighted by atomic mass is 32.2. The molecule has 0 spiro atoms. The molecule has 1 aromatic heterocycles. The van der Waals surface area contributed by atoms with Crippen molar-refractivity contribution in [2.45, 2.75) is 50.3 Å². The summed E-state index contributed by atoms with van der Waals surface area (Å²) in [6.07, 6.45) is 8.55. The molecule has 1 aliphatic rings. The maximum Gasteiger partial charge on any atom is 0.220 e. The van der Waals surface area contributed by atoms with Gasteiger partial charge in [0.1, 0.15) is 0 Å². The van der Waals surface area contributed by atoms with Gasteiger partial charge >= 0.3 is 0 Å². The zero-order valence-electron chi connectivity index (χ0n) is 11.5. The fourth-order valence-electron chi connectivity index (χ4n) is 2.59. The van der Waals surface area contributed by atoms with Crippen LogP contribution in [0.1, 0.15) is 38.2 Å². The number of carbonyl (C=O) groups excluding carboxylic acids is 1. The number of carbonyl (C=O) groups is 1. The molecule has 0 radical (unpaired) electrons. The van der Waals surface area contributed by atoms with Crippen LogP contribution in [0.5, 0.6) is 0 Å². The number of pyridine rings is 1. The van der Waals surface area contributed by atoms with Crippen LogP contribution < -0.4 is 5.32 Å². The van der Waals surface area contributed by atoms with E-state index in [4.69, 9.17) is 0 Å². The average Bonchev–Trinajstić information content (AvgIpc) is 2.85. The summed E-state index contributed by atoms with van der Waals surface area (Å²) in [6.45, 7) is 2.18. The topological polar surface area (TPSA) is 42.0 Å². The zero-order valence-corrected chi connectivity index (χ0v) is 12.3. The molecule has 1 fully saturated rings. The van der Waals surface area contributed by atoms with Gasteiger partial charge in [-0.1, -0.05) is 19.4 Å². The zero-order chi connectivity index (χ0) is 13.5. The van der Waals surface area contributed by atoms with Crippen molar-refractivity contribution in [3.63, 3.8) is 0 Å². The highest BCUT2D eigenvalue weighted by Crippen LogP contribution is 2.29. The summed E-state index contributed by atoms with van der Waals surface area (Å²) in [6, 6.07) is 4.32. The van der Waals surface area contributed by atoms with Crippen molar-refractivity contribution < 1.29 is 4.79 Å². The monoisotopic (exact) mass is 278 g/mol. The summed E-state index contributed by atoms with van der Waals surface area (Å²) in [5, 5.41) is 3.82. The molecule has 3 nitrogen and oxygen atoms in total. The normalized spacial score (nSPS) is 22.4. The Morgan fingerprint density at radius 3 is 3.16 bits per heavy atom. The summed E-state index contributed by atoms with van der Waals surface area (Å²) in [5.41, 5.74) is 1.13. The van der Waals surface area contributed by atoms with Gasteiger partial charge in [-0.05, 0) is 36.6 Å². The number of nitrogens with one attached hydrogen (secondary N) is 1. The van der Waals surface area contributed by atoms with Gasteiger partial charge in [-0.15, -0.1) is 0 Å². The lowest BCUT2D eigenvalue weighted by atomic mass is 10.1. The minimum atomic E-state index is 0.178. The molecular weight excluding hydrogens is 256 g/mol. The van der Waals surface area contributed by atoms with Gasteiger partial charge in [-0.2, -0.15) is 11.8 Å². The Morgan fingerprint density at radius 1 is 1.53 bits per heavy atom. The summed E-state index contributed by atoms with van der Waals surface area (Å²) in [4.78, 5) is 16.0. The van der Waals surface area contributed by atoms with Crippen LogP contribution in [0.2, 0.25) is 0 Å². The minimum Gasteiger partial charge on any atom is -0.352 e. The fraction of sp³-hybridized carbons (Fsp3) is 0.600. The minimum absolute atomic E-state index is 0.178. The van der Waals surface area contributed by atoms with Crippen molar-refractivity contribution in [2.24, 2.45) is 0 Å². The Bertz CT molecular complexity index is 396. The van der Waals surface area contributed by atoms with Crippen LogP contribution in [0.4, 0.5) is 0 Å². The average molecular weight is 278 g/mol. The number of hydrogen-bond donors (Lipinski definition) is 1. The van der Waals surface area contributed by atoms with E-state index in [0.29, 0.717) is 17.7 Å². The van der Waals surface area contributed by atoms with Gasteiger partial charge < -0.3 is 5.32 Å². The number of rotatable bonds is 6. The fourth-order valence-corrected chi connectivity index (χ4v) is 3.79. The van der Waals surface area contributed by atoms with Crippen molar-refractivity contribution in [1.29, 1.82) is 0 Å². The molecular formula is C15H22N2OS. The SMILES string of the molecule is CCSC1CCCC1NC(=O)CCc1cccnc1. The number of hydrogen-bond acceptors (Lipinski definition) is 3. The first-order valence-corrected chi connectivity index (χ1v) is 8.14. The van der Waals surface area contributed by atoms with E-state index in [2.05, 4.69) is 17.2 Å². The standard InChI is InChI=1S/C15H22N2OS/c1-2-19-14-7-3-6-13(14)17-15(18)9-8-12-5-4-10-16-11-12/h4-5,10-11,13-14H,2-3,6-9H2,1H3,(H,17,18). The third-order valence-corrected chi connectivity index (χ3v) is 4.87. The summed E-state index contributed by atoms with van der Waals surface area (Å²) in [7, 11) is 0. The molecule has 2 rings (SSSR count). The molecule has 0 bridgehead atoms. The molecule has 19 heavy (non-hydrogen) atoms. The van der Waals surface area contributed by atoms with Gasteiger partial charge in [-0.3, -0.25) is 9.78 Å². The predicted molar refractivity (Wildman–Crippen MR) is 80.3 cm³/mol. The van der Waals surface area contributed by atoms with Crippen LogP contribution in [0, 0.1) is 0 Å². The van der Waals surface area contributed by atoms with Crippen LogP contribution in [0.15, 0.2) is 24.5 Å². The summed E-state index contributed by atoms with van der Waals surface area (Å²) >= 11 is 1.98. The number of aryl methyl sites for hydroxylation is 1. The van der Waals surface area contributed by atoms with Crippen LogP contribution >= 0.6 is 11.8 Å². The van der Waals surface area contributed by atoms with Crippen LogP contribution in [-0.4, -0.2) is 27.9 Å². The first kappa shape index (κ1) is 14.4. The quantitative estimate of drug-likeness (QED) is 0.870. The Labute approximate surface area is 119 Å². The molecule has 1 saturated carbocycles. The Morgan fingerprint density at radius 2 is 2.42 bits per heavy atom. The second kappa shape index (κ2) is 7.53. The summed E-state index contributed by atoms with van der Waals surface area (Å²) in [5.74, 6) is 1.31. The molecule has 1 heterocycles. The molecule has 0 saturated heterocycles. The largest absolute Gasteiger partial charge is 0.352 e. The van der Waals surface area contributed by atoms with Crippen molar-refractivity contribution >= 4 is 17.7 Å². The van der Waals surface area contributed by atoms with Gasteiger partial charge in [0, 0.05) is 30.1 Å². The molecule has 1 aromatic rings. The van der Waals surface area contributed by atoms with E-state index in [9.17, 15) is 4.79 Å². The van der Waals surface area contributed by atoms with Gasteiger partial charge in [-0.25, -0.2) is 0 Å². The summed E-state index contributed by atoms with van der Waals surface area (Å²) < 4.78 is 0. The van der Waals surface area contributed by atoms with Crippen LogP contribution in [0.3, 0.4) is 0 Å². The van der Waals surface area contributed by atoms with E-state index >= 15 is 0 Å². The molecule has 1 N–H and O–H groups in total. The molecule has 1 amide bonds. The molecule has 2 unspecified atom stereocenters. The molecule has 0 aromatic carbocycles. The number of amides is 1. The highest BCUT2D eigenvalue weighted by molar-refractivity contribution is 7.99. The lowest BCUT2D eigenvalue weighted by molar-refractivity contribution is -0.121. The van der Waals surface area contributed by atoms with Gasteiger partial charge in [0.2, 0.25) is 5.91 Å². The Balaban J connectivity index is 1.75. The first-order chi connectivity index (χ1) is 9.29. The van der Waals surface area contributed by atoms with E-state index in [-0.39, 0.29) is 5.91 Å². The van der Waals surface area contributed by atoms with E-state index in [1.165, 1.54) is 12.8 Å². The maximum absolute atomic E-state index is 12.0. The molecule has 0 aliphatic heterocycles. The molecule has 1 aliphatic carbocycles. The van der Waals surface area contributed by atoms with Gasteiger partial charge in [0.05, 0.1) is 0 Å². The van der Waals surface area contributed by atoms with E-state index in [1.807, 2.05) is 30.1 Å². The van der Waals surface area contributed by atoms with Crippen molar-refractivity contribution in [3.05, 3.63) is 30.1 Å². The smallest absolute Gasteiger partial charge is 0.220 e. The lowest BCUT2D eigenvalue weighted by Crippen LogP contribution is -2.38. The van der Waals surface area contributed by atoms with Crippen LogP contribution in [-0.2, 0) is 11.2 Å². The van der Waals surface area contributed by atoms with Gasteiger partial charge in [0.25, 0.3) is 0 Å². The highest BCUT2D eigenvalue weighted by Gasteiger charge is 2.28. The number of thioether (sulfide) groups is 1. The lowest BCUT2D eigenvalue weighted by Gasteiger charge is -2.20. The van der Waals surface area contributed by atoms with E-state index in [0.717, 1.165) is 24.2 Å². The van der Waals surface area contributed by atoms with Crippen molar-refractivity contribution in [1.82, 2.24) is 10.3 Å². The number of aromatic nitrogens is 1. The van der Waals surface area contributed by atoms with Crippen molar-refractivity contribution in [2.75, 3.05) is 5.75 Å². The van der Waals surface area contributed by atoms with E-state index in [1.54, 1.807) is 6.20 Å². The first-order valence-electron chi connectivity index (χ1n) is 7.09. The predicted octanol–water partition coefficient (Wildman–Crippen LogP) is 2.80. The second-order valence-corrected chi connectivity index (χ2v) is 6.48. The Hall–Kier alpha value is -1.03. The van der Waals surface area contributed by atoms with Gasteiger partial charge in [0.15, 0.2) is 0 Å². The van der Waals surface area contributed by atoms with Crippen molar-refractivity contribution in [3.8, 4) is 0 Å². The van der Waals surface area contributed by atoms with Crippen LogP contribution in [0.25, 0.3) is 0 Å². The number of nitrogens with zero attached hydrogens (tertiary/aromatic N) is 1.